The Hall–Kier alpha value is -0.250. The third-order valence-electron chi connectivity index (χ3n) is 2.25. The van der Waals surface area contributed by atoms with Gasteiger partial charge in [0.05, 0.1) is 0 Å². The first kappa shape index (κ1) is 11.8. The number of hydrogen-bond acceptors (Lipinski definition) is 1. The molecule has 0 fully saturated rings. The van der Waals surface area contributed by atoms with Gasteiger partial charge in [-0.3, -0.25) is 0 Å². The quantitative estimate of drug-likeness (QED) is 0.712. The fourth-order valence-corrected chi connectivity index (χ4v) is 0.811. The van der Waals surface area contributed by atoms with Gasteiger partial charge in [0.1, 0.15) is 0 Å². The molecule has 0 saturated carbocycles. The molecular formula is C8H15F3O. The van der Waals surface area contributed by atoms with Crippen LogP contribution in [0.4, 0.5) is 13.2 Å². The number of halogens is 3. The Morgan fingerprint density at radius 1 is 1.17 bits per heavy atom. The Morgan fingerprint density at radius 2 is 1.67 bits per heavy atom. The molecule has 1 unspecified atom stereocenters. The first-order valence-corrected chi connectivity index (χ1v) is 4.00. The lowest BCUT2D eigenvalue weighted by molar-refractivity contribution is -0.141. The predicted octanol–water partition coefficient (Wildman–Crippen LogP) is 2.74. The monoisotopic (exact) mass is 184 g/mol. The molecule has 1 atom stereocenters. The minimum Gasteiger partial charge on any atom is -0.396 e. The van der Waals surface area contributed by atoms with Crippen LogP contribution in [0.5, 0.6) is 0 Å². The van der Waals surface area contributed by atoms with Gasteiger partial charge in [-0.2, -0.15) is 13.2 Å². The highest BCUT2D eigenvalue weighted by Gasteiger charge is 2.31. The van der Waals surface area contributed by atoms with Crippen molar-refractivity contribution in [2.75, 3.05) is 6.61 Å². The van der Waals surface area contributed by atoms with E-state index in [1.54, 1.807) is 13.8 Å². The van der Waals surface area contributed by atoms with Crippen molar-refractivity contribution in [3.8, 4) is 0 Å². The largest absolute Gasteiger partial charge is 0.396 e. The van der Waals surface area contributed by atoms with Gasteiger partial charge in [0.25, 0.3) is 0 Å². The van der Waals surface area contributed by atoms with Crippen molar-refractivity contribution < 1.29 is 18.3 Å². The van der Waals surface area contributed by atoms with Crippen molar-refractivity contribution in [2.24, 2.45) is 5.41 Å². The van der Waals surface area contributed by atoms with E-state index in [1.165, 1.54) is 0 Å². The molecule has 0 aromatic rings. The first-order valence-electron chi connectivity index (χ1n) is 4.00. The molecule has 0 heterocycles. The summed E-state index contributed by atoms with van der Waals surface area (Å²) in [5.41, 5.74) is -0.574. The average Bonchev–Trinajstić information content (AvgIpc) is 1.99. The molecule has 0 rings (SSSR count). The van der Waals surface area contributed by atoms with Crippen molar-refractivity contribution in [1.29, 1.82) is 0 Å². The smallest absolute Gasteiger partial charge is 0.389 e. The summed E-state index contributed by atoms with van der Waals surface area (Å²) in [5.74, 6) is 0. The molecule has 0 bridgehead atoms. The second-order valence-corrected chi connectivity index (χ2v) is 3.44. The van der Waals surface area contributed by atoms with Gasteiger partial charge in [-0.15, -0.1) is 0 Å². The van der Waals surface area contributed by atoms with Gasteiger partial charge in [-0.05, 0) is 18.3 Å². The Labute approximate surface area is 70.6 Å². The molecular weight excluding hydrogens is 169 g/mol. The second-order valence-electron chi connectivity index (χ2n) is 3.44. The van der Waals surface area contributed by atoms with Crippen LogP contribution in [-0.4, -0.2) is 17.9 Å². The summed E-state index contributed by atoms with van der Waals surface area (Å²) >= 11 is 0. The summed E-state index contributed by atoms with van der Waals surface area (Å²) in [6, 6.07) is 0. The van der Waals surface area contributed by atoms with Gasteiger partial charge >= 0.3 is 6.18 Å². The molecule has 0 saturated heterocycles. The highest BCUT2D eigenvalue weighted by Crippen LogP contribution is 2.32. The fraction of sp³-hybridized carbons (Fsp3) is 1.00. The van der Waals surface area contributed by atoms with Gasteiger partial charge in [-0.25, -0.2) is 0 Å². The predicted molar refractivity (Wildman–Crippen MR) is 40.8 cm³/mol. The van der Waals surface area contributed by atoms with Crippen LogP contribution in [-0.2, 0) is 0 Å². The molecule has 0 amide bonds. The third kappa shape index (κ3) is 4.59. The number of aliphatic hydroxyl groups excluding tert-OH is 1. The molecule has 0 aromatic heterocycles. The van der Waals surface area contributed by atoms with Crippen LogP contribution in [0.15, 0.2) is 0 Å². The van der Waals surface area contributed by atoms with Gasteiger partial charge in [0, 0.05) is 13.0 Å². The van der Waals surface area contributed by atoms with Crippen molar-refractivity contribution in [2.45, 2.75) is 39.3 Å². The maximum atomic E-state index is 11.8. The van der Waals surface area contributed by atoms with E-state index in [2.05, 4.69) is 0 Å². The summed E-state index contributed by atoms with van der Waals surface area (Å²) in [4.78, 5) is 0. The summed E-state index contributed by atoms with van der Waals surface area (Å²) in [5, 5.41) is 8.81. The zero-order valence-electron chi connectivity index (χ0n) is 7.41. The molecule has 4 heteroatoms. The van der Waals surface area contributed by atoms with Crippen LogP contribution in [0.3, 0.4) is 0 Å². The highest BCUT2D eigenvalue weighted by molar-refractivity contribution is 4.72. The Morgan fingerprint density at radius 3 is 1.92 bits per heavy atom. The topological polar surface area (TPSA) is 20.2 Å². The summed E-state index contributed by atoms with van der Waals surface area (Å²) in [6.07, 6.45) is -4.34. The number of rotatable bonds is 4. The second kappa shape index (κ2) is 4.12. The van der Waals surface area contributed by atoms with Crippen LogP contribution < -0.4 is 0 Å². The molecule has 0 aliphatic carbocycles. The minimum atomic E-state index is -4.11. The Balaban J connectivity index is 3.89. The van der Waals surface area contributed by atoms with Crippen molar-refractivity contribution in [3.63, 3.8) is 0 Å². The molecule has 12 heavy (non-hydrogen) atoms. The van der Waals surface area contributed by atoms with E-state index in [1.807, 2.05) is 0 Å². The lowest BCUT2D eigenvalue weighted by Gasteiger charge is -2.25. The first-order chi connectivity index (χ1) is 5.33. The molecule has 0 aliphatic heterocycles. The van der Waals surface area contributed by atoms with Crippen molar-refractivity contribution in [3.05, 3.63) is 0 Å². The van der Waals surface area contributed by atoms with E-state index in [0.29, 0.717) is 6.42 Å². The van der Waals surface area contributed by atoms with Gasteiger partial charge in [0.2, 0.25) is 0 Å². The third-order valence-corrected chi connectivity index (χ3v) is 2.25. The molecule has 1 nitrogen and oxygen atoms in total. The standard InChI is InChI=1S/C8H15F3O/c1-3-7(2,6-12)4-5-8(9,10)11/h12H,3-6H2,1-2H3. The SMILES string of the molecule is CCC(C)(CO)CCC(F)(F)F. The van der Waals surface area contributed by atoms with Crippen LogP contribution >= 0.6 is 0 Å². The van der Waals surface area contributed by atoms with E-state index in [-0.39, 0.29) is 13.0 Å². The van der Waals surface area contributed by atoms with Crippen molar-refractivity contribution >= 4 is 0 Å². The van der Waals surface area contributed by atoms with Gasteiger partial charge in [0.15, 0.2) is 0 Å². The van der Waals surface area contributed by atoms with Gasteiger partial charge in [-0.1, -0.05) is 13.8 Å². The molecule has 0 spiro atoms. The maximum Gasteiger partial charge on any atom is 0.389 e. The van der Waals surface area contributed by atoms with E-state index < -0.39 is 18.0 Å². The summed E-state index contributed by atoms with van der Waals surface area (Å²) < 4.78 is 35.3. The summed E-state index contributed by atoms with van der Waals surface area (Å²) in [6.45, 7) is 3.27. The minimum absolute atomic E-state index is 0.00347. The van der Waals surface area contributed by atoms with E-state index in [4.69, 9.17) is 5.11 Å². The van der Waals surface area contributed by atoms with Crippen LogP contribution in [0.1, 0.15) is 33.1 Å². The lowest BCUT2D eigenvalue weighted by Crippen LogP contribution is -2.23. The molecule has 1 N–H and O–H groups in total. The zero-order chi connectivity index (χ0) is 9.83. The summed E-state index contributed by atoms with van der Waals surface area (Å²) in [7, 11) is 0. The number of hydrogen-bond donors (Lipinski definition) is 1. The van der Waals surface area contributed by atoms with Crippen molar-refractivity contribution in [1.82, 2.24) is 0 Å². The van der Waals surface area contributed by atoms with E-state index in [9.17, 15) is 13.2 Å². The molecule has 0 aromatic carbocycles. The lowest BCUT2D eigenvalue weighted by atomic mass is 9.84. The Bertz CT molecular complexity index is 127. The zero-order valence-corrected chi connectivity index (χ0v) is 7.41. The number of aliphatic hydroxyl groups is 1. The molecule has 74 valence electrons. The number of alkyl halides is 3. The average molecular weight is 184 g/mol. The normalized spacial score (nSPS) is 17.5. The van der Waals surface area contributed by atoms with Crippen LogP contribution in [0.2, 0.25) is 0 Å². The van der Waals surface area contributed by atoms with E-state index in [0.717, 1.165) is 0 Å². The molecule has 0 aliphatic rings. The fourth-order valence-electron chi connectivity index (χ4n) is 0.811. The highest BCUT2D eigenvalue weighted by atomic mass is 19.4. The Kier molecular flexibility index (Phi) is 4.03. The van der Waals surface area contributed by atoms with Crippen LogP contribution in [0, 0.1) is 5.41 Å². The van der Waals surface area contributed by atoms with Gasteiger partial charge < -0.3 is 5.11 Å². The molecule has 0 radical (unpaired) electrons. The van der Waals surface area contributed by atoms with E-state index >= 15 is 0 Å². The maximum absolute atomic E-state index is 11.8. The van der Waals surface area contributed by atoms with Crippen LogP contribution in [0.25, 0.3) is 0 Å².